The third-order valence-electron chi connectivity index (χ3n) is 3.48. The lowest BCUT2D eigenvalue weighted by Gasteiger charge is -1.96. The van der Waals surface area contributed by atoms with E-state index in [-0.39, 0.29) is 0 Å². The highest BCUT2D eigenvalue weighted by Gasteiger charge is 2.05. The molecule has 0 radical (unpaired) electrons. The summed E-state index contributed by atoms with van der Waals surface area (Å²) in [4.78, 5) is 4.46. The zero-order chi connectivity index (χ0) is 14.8. The molecule has 0 aliphatic heterocycles. The molecule has 1 heterocycles. The molecule has 0 amide bonds. The van der Waals surface area contributed by atoms with E-state index >= 15 is 0 Å². The van der Waals surface area contributed by atoms with Gasteiger partial charge in [0.1, 0.15) is 5.52 Å². The predicted molar refractivity (Wildman–Crippen MR) is 83.6 cm³/mol. The van der Waals surface area contributed by atoms with E-state index in [1.165, 1.54) is 11.1 Å². The number of rotatable bonds is 2. The van der Waals surface area contributed by atoms with Crippen LogP contribution in [0, 0.1) is 25.2 Å². The summed E-state index contributed by atoms with van der Waals surface area (Å²) in [7, 11) is 0. The van der Waals surface area contributed by atoms with Crippen molar-refractivity contribution in [3.8, 4) is 6.07 Å². The van der Waals surface area contributed by atoms with Gasteiger partial charge >= 0.3 is 0 Å². The van der Waals surface area contributed by atoms with Gasteiger partial charge in [0.05, 0.1) is 11.6 Å². The third-order valence-corrected chi connectivity index (χ3v) is 3.48. The fourth-order valence-electron chi connectivity index (χ4n) is 2.11. The molecule has 0 fully saturated rings. The fraction of sp³-hybridized carbons (Fsp3) is 0.111. The van der Waals surface area contributed by atoms with Crippen LogP contribution in [-0.2, 0) is 0 Å². The molecular formula is C18H14N2O. The topological polar surface area (TPSA) is 49.8 Å². The summed E-state index contributed by atoms with van der Waals surface area (Å²) in [6, 6.07) is 13.5. The number of fused-ring (bicyclic) bond motifs is 1. The Morgan fingerprint density at radius 2 is 1.76 bits per heavy atom. The fourth-order valence-corrected chi connectivity index (χ4v) is 2.11. The molecule has 1 aromatic heterocycles. The first-order valence-electron chi connectivity index (χ1n) is 6.72. The summed E-state index contributed by atoms with van der Waals surface area (Å²) in [5.74, 6) is 0.583. The summed E-state index contributed by atoms with van der Waals surface area (Å²) in [6.07, 6.45) is 3.76. The molecule has 0 atom stereocenters. The summed E-state index contributed by atoms with van der Waals surface area (Å²) < 4.78 is 5.72. The van der Waals surface area contributed by atoms with Gasteiger partial charge in [-0.1, -0.05) is 12.1 Å². The van der Waals surface area contributed by atoms with Gasteiger partial charge in [0.15, 0.2) is 5.58 Å². The molecule has 3 rings (SSSR count). The quantitative estimate of drug-likeness (QED) is 0.692. The minimum Gasteiger partial charge on any atom is -0.437 e. The van der Waals surface area contributed by atoms with E-state index < -0.39 is 0 Å². The lowest BCUT2D eigenvalue weighted by atomic mass is 10.1. The Kier molecular flexibility index (Phi) is 3.29. The monoisotopic (exact) mass is 274 g/mol. The van der Waals surface area contributed by atoms with Crippen LogP contribution >= 0.6 is 0 Å². The molecule has 0 unspecified atom stereocenters. The van der Waals surface area contributed by atoms with Crippen LogP contribution in [0.4, 0.5) is 0 Å². The van der Waals surface area contributed by atoms with Crippen LogP contribution in [0.1, 0.15) is 28.1 Å². The second kappa shape index (κ2) is 5.26. The van der Waals surface area contributed by atoms with E-state index in [1.807, 2.05) is 36.4 Å². The first kappa shape index (κ1) is 13.1. The van der Waals surface area contributed by atoms with Gasteiger partial charge in [-0.15, -0.1) is 0 Å². The normalized spacial score (nSPS) is 11.1. The van der Waals surface area contributed by atoms with Crippen LogP contribution in [0.5, 0.6) is 0 Å². The zero-order valence-corrected chi connectivity index (χ0v) is 11.9. The van der Waals surface area contributed by atoms with Gasteiger partial charge in [-0.05, 0) is 60.9 Å². The maximum absolute atomic E-state index is 8.77. The number of aryl methyl sites for hydroxylation is 2. The van der Waals surface area contributed by atoms with Crippen molar-refractivity contribution in [3.63, 3.8) is 0 Å². The number of aromatic nitrogens is 1. The molecule has 0 saturated heterocycles. The highest BCUT2D eigenvalue weighted by molar-refractivity contribution is 5.77. The average Bonchev–Trinajstić information content (AvgIpc) is 2.88. The summed E-state index contributed by atoms with van der Waals surface area (Å²) in [5.41, 5.74) is 5.73. The van der Waals surface area contributed by atoms with Crippen LogP contribution in [0.25, 0.3) is 23.3 Å². The Labute approximate surface area is 123 Å². The van der Waals surface area contributed by atoms with Gasteiger partial charge in [-0.3, -0.25) is 0 Å². The molecule has 102 valence electrons. The second-order valence-corrected chi connectivity index (χ2v) is 5.02. The van der Waals surface area contributed by atoms with Gasteiger partial charge < -0.3 is 4.42 Å². The van der Waals surface area contributed by atoms with Crippen molar-refractivity contribution in [1.29, 1.82) is 5.26 Å². The number of nitriles is 1. The first-order valence-corrected chi connectivity index (χ1v) is 6.72. The maximum atomic E-state index is 8.77. The minimum atomic E-state index is 0.583. The molecule has 0 aliphatic carbocycles. The molecular weight excluding hydrogens is 260 g/mol. The molecule has 2 aromatic carbocycles. The summed E-state index contributed by atoms with van der Waals surface area (Å²) >= 11 is 0. The van der Waals surface area contributed by atoms with Gasteiger partial charge in [-0.25, -0.2) is 4.98 Å². The zero-order valence-electron chi connectivity index (χ0n) is 11.9. The number of oxazole rings is 1. The van der Waals surface area contributed by atoms with Crippen LogP contribution in [0.3, 0.4) is 0 Å². The Hall–Kier alpha value is -2.86. The standard InChI is InChI=1S/C18H14N2O/c1-12-9-16-17(10-13(12)2)21-18(20-16)8-7-14-3-5-15(11-19)6-4-14/h3-10H,1-2H3/b8-7+. The summed E-state index contributed by atoms with van der Waals surface area (Å²) in [6.45, 7) is 4.12. The molecule has 0 N–H and O–H groups in total. The molecule has 0 saturated carbocycles. The van der Waals surface area contributed by atoms with Crippen molar-refractivity contribution in [2.24, 2.45) is 0 Å². The molecule has 3 nitrogen and oxygen atoms in total. The Morgan fingerprint density at radius 3 is 2.48 bits per heavy atom. The molecule has 21 heavy (non-hydrogen) atoms. The van der Waals surface area contributed by atoms with Crippen molar-refractivity contribution in [3.05, 3.63) is 64.5 Å². The molecule has 0 spiro atoms. The molecule has 0 aliphatic rings. The van der Waals surface area contributed by atoms with Crippen molar-refractivity contribution in [1.82, 2.24) is 4.98 Å². The van der Waals surface area contributed by atoms with Crippen molar-refractivity contribution in [2.75, 3.05) is 0 Å². The number of benzene rings is 2. The Balaban J connectivity index is 1.90. The minimum absolute atomic E-state index is 0.583. The van der Waals surface area contributed by atoms with E-state index in [2.05, 4.69) is 24.9 Å². The van der Waals surface area contributed by atoms with E-state index in [9.17, 15) is 0 Å². The van der Waals surface area contributed by atoms with Crippen molar-refractivity contribution in [2.45, 2.75) is 13.8 Å². The van der Waals surface area contributed by atoms with Crippen LogP contribution in [-0.4, -0.2) is 4.98 Å². The summed E-state index contributed by atoms with van der Waals surface area (Å²) in [5, 5.41) is 8.77. The van der Waals surface area contributed by atoms with E-state index in [1.54, 1.807) is 12.1 Å². The highest BCUT2D eigenvalue weighted by Crippen LogP contribution is 2.21. The number of nitrogens with zero attached hydrogens (tertiary/aromatic N) is 2. The van der Waals surface area contributed by atoms with Gasteiger partial charge in [0, 0.05) is 6.08 Å². The van der Waals surface area contributed by atoms with Gasteiger partial charge in [-0.2, -0.15) is 5.26 Å². The third kappa shape index (κ3) is 2.70. The van der Waals surface area contributed by atoms with Crippen LogP contribution in [0.2, 0.25) is 0 Å². The Morgan fingerprint density at radius 1 is 1.05 bits per heavy atom. The highest BCUT2D eigenvalue weighted by atomic mass is 16.3. The first-order chi connectivity index (χ1) is 10.2. The van der Waals surface area contributed by atoms with Crippen LogP contribution < -0.4 is 0 Å². The molecule has 3 aromatic rings. The van der Waals surface area contributed by atoms with Crippen molar-refractivity contribution < 1.29 is 4.42 Å². The van der Waals surface area contributed by atoms with Gasteiger partial charge in [0.25, 0.3) is 0 Å². The lowest BCUT2D eigenvalue weighted by Crippen LogP contribution is -1.79. The average molecular weight is 274 g/mol. The van der Waals surface area contributed by atoms with E-state index in [0.29, 0.717) is 11.5 Å². The predicted octanol–water partition coefficient (Wildman–Crippen LogP) is 4.49. The molecule has 0 bridgehead atoms. The smallest absolute Gasteiger partial charge is 0.220 e. The maximum Gasteiger partial charge on any atom is 0.220 e. The Bertz CT molecular complexity index is 826. The lowest BCUT2D eigenvalue weighted by molar-refractivity contribution is 0.589. The second-order valence-electron chi connectivity index (χ2n) is 5.02. The largest absolute Gasteiger partial charge is 0.437 e. The number of hydrogen-bond donors (Lipinski definition) is 0. The van der Waals surface area contributed by atoms with Crippen molar-refractivity contribution >= 4 is 23.3 Å². The van der Waals surface area contributed by atoms with E-state index in [4.69, 9.17) is 9.68 Å². The SMILES string of the molecule is Cc1cc2nc(/C=C/c3ccc(C#N)cc3)oc2cc1C. The van der Waals surface area contributed by atoms with Crippen LogP contribution in [0.15, 0.2) is 40.8 Å². The number of hydrogen-bond acceptors (Lipinski definition) is 3. The molecule has 3 heteroatoms. The van der Waals surface area contributed by atoms with E-state index in [0.717, 1.165) is 16.7 Å². The van der Waals surface area contributed by atoms with Gasteiger partial charge in [0.2, 0.25) is 5.89 Å².